The standard InChI is InChI=1S/C23H24ClF3N2O3/c1-15-12-16(6-7-19(15)24)32-14-22(13-20(28)30)8-10-29(11-9-22)21(31)17-4-2-3-5-18(17)23(25,26)27/h2-7,12H,8-11,13-14H2,1H3,(H2,28,30). The summed E-state index contributed by atoms with van der Waals surface area (Å²) < 4.78 is 45.8. The molecule has 0 spiro atoms. The maximum Gasteiger partial charge on any atom is 0.417 e. The number of carbonyl (C=O) groups excluding carboxylic acids is 2. The summed E-state index contributed by atoms with van der Waals surface area (Å²) in [7, 11) is 0. The number of nitrogens with two attached hydrogens (primary N) is 1. The quantitative estimate of drug-likeness (QED) is 0.659. The average molecular weight is 469 g/mol. The Kier molecular flexibility index (Phi) is 7.03. The van der Waals surface area contributed by atoms with Crippen molar-refractivity contribution in [2.75, 3.05) is 19.7 Å². The molecule has 0 atom stereocenters. The van der Waals surface area contributed by atoms with Crippen LogP contribution in [-0.4, -0.2) is 36.4 Å². The lowest BCUT2D eigenvalue weighted by Gasteiger charge is -2.41. The predicted molar refractivity (Wildman–Crippen MR) is 115 cm³/mol. The average Bonchev–Trinajstić information content (AvgIpc) is 2.74. The van der Waals surface area contributed by atoms with Crippen LogP contribution in [0.2, 0.25) is 5.02 Å². The fourth-order valence-corrected chi connectivity index (χ4v) is 4.07. The van der Waals surface area contributed by atoms with Crippen molar-refractivity contribution >= 4 is 23.4 Å². The van der Waals surface area contributed by atoms with Gasteiger partial charge >= 0.3 is 6.18 Å². The Bertz CT molecular complexity index is 1000. The number of likely N-dealkylation sites (tertiary alicyclic amines) is 1. The molecule has 32 heavy (non-hydrogen) atoms. The minimum atomic E-state index is -4.62. The van der Waals surface area contributed by atoms with E-state index in [1.807, 2.05) is 6.92 Å². The number of alkyl halides is 3. The van der Waals surface area contributed by atoms with Gasteiger partial charge < -0.3 is 15.4 Å². The monoisotopic (exact) mass is 468 g/mol. The van der Waals surface area contributed by atoms with Gasteiger partial charge in [0.05, 0.1) is 17.7 Å². The van der Waals surface area contributed by atoms with Crippen LogP contribution in [0.25, 0.3) is 0 Å². The number of hydrogen-bond acceptors (Lipinski definition) is 3. The zero-order valence-electron chi connectivity index (χ0n) is 17.5. The minimum Gasteiger partial charge on any atom is -0.493 e. The molecule has 0 aliphatic carbocycles. The van der Waals surface area contributed by atoms with E-state index in [1.165, 1.54) is 23.1 Å². The van der Waals surface area contributed by atoms with Crippen molar-refractivity contribution < 1.29 is 27.5 Å². The first kappa shape index (κ1) is 23.9. The number of ether oxygens (including phenoxy) is 1. The van der Waals surface area contributed by atoms with Crippen molar-refractivity contribution in [3.63, 3.8) is 0 Å². The van der Waals surface area contributed by atoms with Gasteiger partial charge in [-0.3, -0.25) is 9.59 Å². The highest BCUT2D eigenvalue weighted by Gasteiger charge is 2.40. The predicted octanol–water partition coefficient (Wildman–Crippen LogP) is 4.84. The van der Waals surface area contributed by atoms with Gasteiger partial charge in [-0.15, -0.1) is 0 Å². The summed E-state index contributed by atoms with van der Waals surface area (Å²) in [5.74, 6) is -0.587. The molecule has 0 radical (unpaired) electrons. The van der Waals surface area contributed by atoms with Gasteiger partial charge in [-0.25, -0.2) is 0 Å². The fourth-order valence-electron chi connectivity index (χ4n) is 3.96. The van der Waals surface area contributed by atoms with Gasteiger partial charge in [-0.05, 0) is 55.7 Å². The molecule has 3 rings (SSSR count). The molecule has 1 aliphatic heterocycles. The molecule has 0 unspecified atom stereocenters. The van der Waals surface area contributed by atoms with E-state index in [-0.39, 0.29) is 31.7 Å². The second-order valence-electron chi connectivity index (χ2n) is 8.18. The Morgan fingerprint density at radius 1 is 1.16 bits per heavy atom. The summed E-state index contributed by atoms with van der Waals surface area (Å²) in [6.07, 6.45) is -3.81. The van der Waals surface area contributed by atoms with Crippen LogP contribution in [0.4, 0.5) is 13.2 Å². The molecular weight excluding hydrogens is 445 g/mol. The molecule has 5 nitrogen and oxygen atoms in total. The van der Waals surface area contributed by atoms with Crippen LogP contribution in [0.15, 0.2) is 42.5 Å². The topological polar surface area (TPSA) is 72.6 Å². The van der Waals surface area contributed by atoms with Crippen molar-refractivity contribution in [1.29, 1.82) is 0 Å². The second kappa shape index (κ2) is 9.40. The normalized spacial score (nSPS) is 16.0. The maximum atomic E-state index is 13.3. The molecular formula is C23H24ClF3N2O3. The largest absolute Gasteiger partial charge is 0.493 e. The number of carbonyl (C=O) groups is 2. The maximum absolute atomic E-state index is 13.3. The molecule has 1 heterocycles. The van der Waals surface area contributed by atoms with Crippen molar-refractivity contribution in [3.8, 4) is 5.75 Å². The number of nitrogens with zero attached hydrogens (tertiary/aromatic N) is 1. The van der Waals surface area contributed by atoms with E-state index in [9.17, 15) is 22.8 Å². The Balaban J connectivity index is 1.73. The molecule has 0 aromatic heterocycles. The smallest absolute Gasteiger partial charge is 0.417 e. The van der Waals surface area contributed by atoms with Gasteiger partial charge in [0.2, 0.25) is 5.91 Å². The SMILES string of the molecule is Cc1cc(OCC2(CC(N)=O)CCN(C(=O)c3ccccc3C(F)(F)F)CC2)ccc1Cl. The van der Waals surface area contributed by atoms with Crippen LogP contribution >= 0.6 is 11.6 Å². The number of halogens is 4. The summed E-state index contributed by atoms with van der Waals surface area (Å²) in [6, 6.07) is 9.97. The van der Waals surface area contributed by atoms with Crippen LogP contribution < -0.4 is 10.5 Å². The lowest BCUT2D eigenvalue weighted by atomic mass is 9.76. The Hall–Kier alpha value is -2.74. The summed E-state index contributed by atoms with van der Waals surface area (Å²) in [4.78, 5) is 25.9. The molecule has 0 saturated carbocycles. The summed E-state index contributed by atoms with van der Waals surface area (Å²) in [6.45, 7) is 2.43. The van der Waals surface area contributed by atoms with Crippen LogP contribution in [0, 0.1) is 12.3 Å². The van der Waals surface area contributed by atoms with E-state index in [0.29, 0.717) is 23.6 Å². The lowest BCUT2D eigenvalue weighted by Crippen LogP contribution is -2.47. The molecule has 2 N–H and O–H groups in total. The Morgan fingerprint density at radius 3 is 2.41 bits per heavy atom. The first-order chi connectivity index (χ1) is 15.0. The summed E-state index contributed by atoms with van der Waals surface area (Å²) in [5.41, 5.74) is 4.35. The number of benzene rings is 2. The third-order valence-corrected chi connectivity index (χ3v) is 6.22. The molecule has 9 heteroatoms. The molecule has 0 bridgehead atoms. The summed E-state index contributed by atoms with van der Waals surface area (Å²) in [5, 5.41) is 0.607. The van der Waals surface area contributed by atoms with Gasteiger partial charge in [0, 0.05) is 29.9 Å². The van der Waals surface area contributed by atoms with E-state index in [0.717, 1.165) is 11.6 Å². The van der Waals surface area contributed by atoms with E-state index >= 15 is 0 Å². The Morgan fingerprint density at radius 2 is 1.81 bits per heavy atom. The number of piperidine rings is 1. The third kappa shape index (κ3) is 5.54. The molecule has 172 valence electrons. The van der Waals surface area contributed by atoms with Crippen LogP contribution in [0.1, 0.15) is 40.7 Å². The number of aryl methyl sites for hydroxylation is 1. The van der Waals surface area contributed by atoms with Crippen molar-refractivity contribution in [2.45, 2.75) is 32.4 Å². The van der Waals surface area contributed by atoms with Gasteiger partial charge in [-0.2, -0.15) is 13.2 Å². The summed E-state index contributed by atoms with van der Waals surface area (Å²) >= 11 is 6.04. The number of hydrogen-bond donors (Lipinski definition) is 1. The number of rotatable bonds is 6. The highest BCUT2D eigenvalue weighted by molar-refractivity contribution is 6.31. The van der Waals surface area contributed by atoms with Crippen LogP contribution in [0.3, 0.4) is 0 Å². The number of amides is 2. The van der Waals surface area contributed by atoms with Gasteiger partial charge in [-0.1, -0.05) is 23.7 Å². The van der Waals surface area contributed by atoms with E-state index < -0.39 is 29.0 Å². The molecule has 1 fully saturated rings. The highest BCUT2D eigenvalue weighted by atomic mass is 35.5. The van der Waals surface area contributed by atoms with Crippen LogP contribution in [-0.2, 0) is 11.0 Å². The van der Waals surface area contributed by atoms with Crippen molar-refractivity contribution in [1.82, 2.24) is 4.90 Å². The zero-order valence-corrected chi connectivity index (χ0v) is 18.3. The van der Waals surface area contributed by atoms with Gasteiger partial charge in [0.1, 0.15) is 5.75 Å². The van der Waals surface area contributed by atoms with E-state index in [4.69, 9.17) is 22.1 Å². The molecule has 2 aromatic carbocycles. The van der Waals surface area contributed by atoms with E-state index in [2.05, 4.69) is 0 Å². The number of primary amides is 1. The van der Waals surface area contributed by atoms with Gasteiger partial charge in [0.25, 0.3) is 5.91 Å². The van der Waals surface area contributed by atoms with Gasteiger partial charge in [0.15, 0.2) is 0 Å². The molecule has 1 aliphatic rings. The lowest BCUT2D eigenvalue weighted by molar-refractivity contribution is -0.138. The second-order valence-corrected chi connectivity index (χ2v) is 8.59. The molecule has 1 saturated heterocycles. The van der Waals surface area contributed by atoms with Crippen LogP contribution in [0.5, 0.6) is 5.75 Å². The van der Waals surface area contributed by atoms with Crippen molar-refractivity contribution in [3.05, 3.63) is 64.2 Å². The highest BCUT2D eigenvalue weighted by Crippen LogP contribution is 2.38. The first-order valence-corrected chi connectivity index (χ1v) is 10.5. The fraction of sp³-hybridized carbons (Fsp3) is 0.391. The molecule has 2 aromatic rings. The van der Waals surface area contributed by atoms with E-state index in [1.54, 1.807) is 18.2 Å². The van der Waals surface area contributed by atoms with Crippen molar-refractivity contribution in [2.24, 2.45) is 11.1 Å². The Labute approximate surface area is 189 Å². The zero-order chi connectivity index (χ0) is 23.5. The third-order valence-electron chi connectivity index (χ3n) is 5.80. The first-order valence-electron chi connectivity index (χ1n) is 10.1. The minimum absolute atomic E-state index is 0.0563. The molecule has 2 amide bonds.